The van der Waals surface area contributed by atoms with E-state index in [1.807, 2.05) is 13.1 Å². The van der Waals surface area contributed by atoms with Crippen LogP contribution in [0.25, 0.3) is 0 Å². The van der Waals surface area contributed by atoms with E-state index in [1.165, 1.54) is 11.1 Å². The number of furan rings is 1. The monoisotopic (exact) mass is 193 g/mol. The first kappa shape index (κ1) is 11.1. The Morgan fingerprint density at radius 1 is 1.64 bits per heavy atom. The van der Waals surface area contributed by atoms with Crippen molar-refractivity contribution in [3.05, 3.63) is 35.8 Å². The van der Waals surface area contributed by atoms with Crippen LogP contribution in [0.5, 0.6) is 0 Å². The summed E-state index contributed by atoms with van der Waals surface area (Å²) in [4.78, 5) is 0. The molecule has 1 heterocycles. The summed E-state index contributed by atoms with van der Waals surface area (Å²) in [5.74, 6) is 1.03. The zero-order valence-electron chi connectivity index (χ0n) is 9.26. The molecule has 1 aromatic heterocycles. The first-order chi connectivity index (χ1) is 6.69. The van der Waals surface area contributed by atoms with Crippen molar-refractivity contribution in [2.75, 3.05) is 7.05 Å². The van der Waals surface area contributed by atoms with E-state index in [-0.39, 0.29) is 6.04 Å². The molecular weight excluding hydrogens is 174 g/mol. The molecule has 0 aliphatic heterocycles. The predicted molar refractivity (Wildman–Crippen MR) is 59.3 cm³/mol. The zero-order valence-corrected chi connectivity index (χ0v) is 9.26. The lowest BCUT2D eigenvalue weighted by molar-refractivity contribution is 0.424. The van der Waals surface area contributed by atoms with E-state index in [9.17, 15) is 0 Å². The molecule has 1 rings (SSSR count). The number of hydrogen-bond donors (Lipinski definition) is 1. The van der Waals surface area contributed by atoms with Crippen LogP contribution in [-0.4, -0.2) is 7.05 Å². The molecule has 0 aromatic carbocycles. The van der Waals surface area contributed by atoms with Crippen molar-refractivity contribution in [1.82, 2.24) is 5.32 Å². The van der Waals surface area contributed by atoms with Gasteiger partial charge in [-0.3, -0.25) is 0 Å². The van der Waals surface area contributed by atoms with Crippen LogP contribution >= 0.6 is 0 Å². The van der Waals surface area contributed by atoms with Crippen LogP contribution in [0, 0.1) is 6.92 Å². The molecule has 1 unspecified atom stereocenters. The summed E-state index contributed by atoms with van der Waals surface area (Å²) in [7, 11) is 1.95. The average Bonchev–Trinajstić information content (AvgIpc) is 2.60. The summed E-state index contributed by atoms with van der Waals surface area (Å²) in [5.41, 5.74) is 2.45. The second kappa shape index (κ2) is 5.01. The minimum atomic E-state index is 0.262. The number of hydrogen-bond acceptors (Lipinski definition) is 2. The minimum absolute atomic E-state index is 0.262. The van der Waals surface area contributed by atoms with Gasteiger partial charge in [0.2, 0.25) is 0 Å². The highest BCUT2D eigenvalue weighted by atomic mass is 16.3. The summed E-state index contributed by atoms with van der Waals surface area (Å²) in [6.45, 7) is 8.22. The van der Waals surface area contributed by atoms with E-state index < -0.39 is 0 Å². The van der Waals surface area contributed by atoms with Gasteiger partial charge in [0.1, 0.15) is 5.76 Å². The Kier molecular flexibility index (Phi) is 3.96. The SMILES string of the molecule is C=C(CC)CC(NC)c1occc1C. The Labute approximate surface area is 86.0 Å². The second-order valence-electron chi connectivity index (χ2n) is 3.62. The molecule has 14 heavy (non-hydrogen) atoms. The fourth-order valence-corrected chi connectivity index (χ4v) is 1.50. The van der Waals surface area contributed by atoms with Crippen LogP contribution in [0.2, 0.25) is 0 Å². The summed E-state index contributed by atoms with van der Waals surface area (Å²) in [5, 5.41) is 3.26. The van der Waals surface area contributed by atoms with Gasteiger partial charge in [-0.15, -0.1) is 0 Å². The van der Waals surface area contributed by atoms with Crippen molar-refractivity contribution < 1.29 is 4.42 Å². The van der Waals surface area contributed by atoms with Crippen molar-refractivity contribution in [2.24, 2.45) is 0 Å². The van der Waals surface area contributed by atoms with Gasteiger partial charge in [0.15, 0.2) is 0 Å². The lowest BCUT2D eigenvalue weighted by atomic mass is 10.0. The van der Waals surface area contributed by atoms with Gasteiger partial charge < -0.3 is 9.73 Å². The Morgan fingerprint density at radius 2 is 2.36 bits per heavy atom. The third kappa shape index (κ3) is 2.48. The highest BCUT2D eigenvalue weighted by molar-refractivity contribution is 5.19. The maximum absolute atomic E-state index is 5.46. The Balaban J connectivity index is 2.72. The van der Waals surface area contributed by atoms with Crippen molar-refractivity contribution >= 4 is 0 Å². The van der Waals surface area contributed by atoms with Crippen molar-refractivity contribution in [3.8, 4) is 0 Å². The van der Waals surface area contributed by atoms with Crippen LogP contribution in [0.4, 0.5) is 0 Å². The molecule has 1 N–H and O–H groups in total. The van der Waals surface area contributed by atoms with Gasteiger partial charge in [-0.25, -0.2) is 0 Å². The van der Waals surface area contributed by atoms with E-state index >= 15 is 0 Å². The standard InChI is InChI=1S/C12H19NO/c1-5-9(2)8-11(13-4)12-10(3)6-7-14-12/h6-7,11,13H,2,5,8H2,1,3-4H3. The van der Waals surface area contributed by atoms with E-state index in [1.54, 1.807) is 6.26 Å². The van der Waals surface area contributed by atoms with Crippen molar-refractivity contribution in [3.63, 3.8) is 0 Å². The maximum Gasteiger partial charge on any atom is 0.123 e. The fraction of sp³-hybridized carbons (Fsp3) is 0.500. The van der Waals surface area contributed by atoms with E-state index in [0.717, 1.165) is 18.6 Å². The van der Waals surface area contributed by atoms with Gasteiger partial charge >= 0.3 is 0 Å². The van der Waals surface area contributed by atoms with Crippen molar-refractivity contribution in [1.29, 1.82) is 0 Å². The van der Waals surface area contributed by atoms with E-state index in [4.69, 9.17) is 4.42 Å². The zero-order chi connectivity index (χ0) is 10.6. The van der Waals surface area contributed by atoms with E-state index in [2.05, 4.69) is 25.7 Å². The third-order valence-electron chi connectivity index (χ3n) is 2.56. The summed E-state index contributed by atoms with van der Waals surface area (Å²) < 4.78 is 5.46. The molecule has 0 amide bonds. The molecule has 2 heteroatoms. The van der Waals surface area contributed by atoms with Crippen LogP contribution in [-0.2, 0) is 0 Å². The lowest BCUT2D eigenvalue weighted by Gasteiger charge is -2.15. The summed E-state index contributed by atoms with van der Waals surface area (Å²) in [6, 6.07) is 2.26. The molecule has 1 atom stereocenters. The number of aryl methyl sites for hydroxylation is 1. The lowest BCUT2D eigenvalue weighted by Crippen LogP contribution is -2.17. The summed E-state index contributed by atoms with van der Waals surface area (Å²) >= 11 is 0. The third-order valence-corrected chi connectivity index (χ3v) is 2.56. The molecule has 0 saturated carbocycles. The smallest absolute Gasteiger partial charge is 0.123 e. The quantitative estimate of drug-likeness (QED) is 0.726. The second-order valence-corrected chi connectivity index (χ2v) is 3.62. The fourth-order valence-electron chi connectivity index (χ4n) is 1.50. The minimum Gasteiger partial charge on any atom is -0.467 e. The predicted octanol–water partition coefficient (Wildman–Crippen LogP) is 3.20. The Hall–Kier alpha value is -1.02. The van der Waals surface area contributed by atoms with Crippen LogP contribution < -0.4 is 5.32 Å². The number of rotatable bonds is 5. The Morgan fingerprint density at radius 3 is 2.79 bits per heavy atom. The first-order valence-electron chi connectivity index (χ1n) is 5.07. The van der Waals surface area contributed by atoms with Gasteiger partial charge in [-0.2, -0.15) is 0 Å². The van der Waals surface area contributed by atoms with Crippen LogP contribution in [0.1, 0.15) is 37.1 Å². The average molecular weight is 193 g/mol. The van der Waals surface area contributed by atoms with E-state index in [0.29, 0.717) is 0 Å². The highest BCUT2D eigenvalue weighted by Gasteiger charge is 2.15. The van der Waals surface area contributed by atoms with Gasteiger partial charge in [0, 0.05) is 0 Å². The van der Waals surface area contributed by atoms with Crippen molar-refractivity contribution in [2.45, 2.75) is 32.7 Å². The first-order valence-corrected chi connectivity index (χ1v) is 5.07. The largest absolute Gasteiger partial charge is 0.467 e. The highest BCUT2D eigenvalue weighted by Crippen LogP contribution is 2.24. The van der Waals surface area contributed by atoms with Crippen LogP contribution in [0.3, 0.4) is 0 Å². The van der Waals surface area contributed by atoms with Gasteiger partial charge in [0.05, 0.1) is 12.3 Å². The normalized spacial score (nSPS) is 12.8. The molecule has 0 bridgehead atoms. The molecule has 0 spiro atoms. The molecule has 0 aliphatic rings. The van der Waals surface area contributed by atoms with Gasteiger partial charge in [0.25, 0.3) is 0 Å². The Bertz CT molecular complexity index is 301. The molecule has 1 aromatic rings. The molecule has 0 saturated heterocycles. The molecule has 2 nitrogen and oxygen atoms in total. The molecule has 78 valence electrons. The van der Waals surface area contributed by atoms with Crippen LogP contribution in [0.15, 0.2) is 28.9 Å². The molecule has 0 radical (unpaired) electrons. The molecule has 0 fully saturated rings. The molecule has 0 aliphatic carbocycles. The van der Waals surface area contributed by atoms with Gasteiger partial charge in [-0.05, 0) is 38.4 Å². The maximum atomic E-state index is 5.46. The molecular formula is C12H19NO. The topological polar surface area (TPSA) is 25.2 Å². The van der Waals surface area contributed by atoms with Gasteiger partial charge in [-0.1, -0.05) is 19.1 Å². The number of nitrogens with one attached hydrogen (secondary N) is 1. The summed E-state index contributed by atoms with van der Waals surface area (Å²) in [6.07, 6.45) is 3.71.